The summed E-state index contributed by atoms with van der Waals surface area (Å²) in [6, 6.07) is 8.82. The summed E-state index contributed by atoms with van der Waals surface area (Å²) >= 11 is 0. The van der Waals surface area contributed by atoms with Crippen molar-refractivity contribution in [2.75, 3.05) is 5.32 Å². The van der Waals surface area contributed by atoms with E-state index in [-0.39, 0.29) is 22.9 Å². The van der Waals surface area contributed by atoms with Crippen LogP contribution in [-0.2, 0) is 16.6 Å². The number of aromatic hydroxyl groups is 2. The average Bonchev–Trinajstić information content (AvgIpc) is 2.38. The number of phenolic OH excluding ortho intramolecular Hbond substituents is 2. The minimum Gasteiger partial charge on any atom is -0.508 e. The van der Waals surface area contributed by atoms with Crippen LogP contribution in [0.1, 0.15) is 11.1 Å². The third-order valence-electron chi connectivity index (χ3n) is 3.08. The van der Waals surface area contributed by atoms with Crippen molar-refractivity contribution in [1.29, 1.82) is 0 Å². The lowest BCUT2D eigenvalue weighted by Gasteiger charge is -2.12. The summed E-state index contributed by atoms with van der Waals surface area (Å²) in [4.78, 5) is 0.0190. The number of aryl methyl sites for hydroxylation is 1. The Morgan fingerprint density at radius 3 is 2.48 bits per heavy atom. The van der Waals surface area contributed by atoms with Crippen LogP contribution in [0.5, 0.6) is 11.5 Å². The van der Waals surface area contributed by atoms with Crippen LogP contribution in [-0.4, -0.2) is 18.6 Å². The SMILES string of the molecule is Cc1ccc(S(N)(=O)=O)cc1NCc1ccc(O)cc1O. The molecule has 0 radical (unpaired) electrons. The van der Waals surface area contributed by atoms with Gasteiger partial charge in [0.05, 0.1) is 4.90 Å². The van der Waals surface area contributed by atoms with Crippen LogP contribution in [0.3, 0.4) is 0 Å². The highest BCUT2D eigenvalue weighted by Gasteiger charge is 2.10. The van der Waals surface area contributed by atoms with Gasteiger partial charge in [-0.05, 0) is 36.8 Å². The van der Waals surface area contributed by atoms with Crippen molar-refractivity contribution in [3.8, 4) is 11.5 Å². The van der Waals surface area contributed by atoms with Gasteiger partial charge in [0.2, 0.25) is 10.0 Å². The number of benzene rings is 2. The molecule has 0 saturated heterocycles. The standard InChI is InChI=1S/C14H16N2O4S/c1-9-2-5-12(21(15,19)20)7-13(9)16-8-10-3-4-11(17)6-14(10)18/h2-7,16-18H,8H2,1H3,(H2,15,19,20). The van der Waals surface area contributed by atoms with Gasteiger partial charge in [-0.25, -0.2) is 13.6 Å². The van der Waals surface area contributed by atoms with Crippen LogP contribution in [0.25, 0.3) is 0 Å². The van der Waals surface area contributed by atoms with E-state index in [1.54, 1.807) is 12.1 Å². The molecule has 0 atom stereocenters. The van der Waals surface area contributed by atoms with Crippen LogP contribution in [0, 0.1) is 6.92 Å². The Balaban J connectivity index is 2.23. The molecule has 0 aliphatic carbocycles. The number of anilines is 1. The van der Waals surface area contributed by atoms with Gasteiger partial charge in [-0.1, -0.05) is 6.07 Å². The first-order valence-electron chi connectivity index (χ1n) is 6.15. The molecule has 0 unspecified atom stereocenters. The molecule has 0 heterocycles. The van der Waals surface area contributed by atoms with Crippen LogP contribution >= 0.6 is 0 Å². The Bertz CT molecular complexity index is 773. The summed E-state index contributed by atoms with van der Waals surface area (Å²) in [6.45, 7) is 2.10. The van der Waals surface area contributed by atoms with Crippen LogP contribution in [0.2, 0.25) is 0 Å². The highest BCUT2D eigenvalue weighted by Crippen LogP contribution is 2.25. The summed E-state index contributed by atoms with van der Waals surface area (Å²) in [6.07, 6.45) is 0. The molecule has 0 saturated carbocycles. The highest BCUT2D eigenvalue weighted by atomic mass is 32.2. The predicted molar refractivity (Wildman–Crippen MR) is 79.7 cm³/mol. The monoisotopic (exact) mass is 308 g/mol. The van der Waals surface area contributed by atoms with Gasteiger partial charge in [-0.2, -0.15) is 0 Å². The molecule has 21 heavy (non-hydrogen) atoms. The molecule has 7 heteroatoms. The zero-order chi connectivity index (χ0) is 15.6. The minimum atomic E-state index is -3.76. The van der Waals surface area contributed by atoms with Gasteiger partial charge in [-0.15, -0.1) is 0 Å². The summed E-state index contributed by atoms with van der Waals surface area (Å²) < 4.78 is 22.7. The molecule has 2 aromatic rings. The zero-order valence-electron chi connectivity index (χ0n) is 11.4. The fourth-order valence-corrected chi connectivity index (χ4v) is 2.40. The Morgan fingerprint density at radius 1 is 1.14 bits per heavy atom. The quantitative estimate of drug-likeness (QED) is 0.686. The first-order chi connectivity index (χ1) is 9.77. The molecule has 0 aromatic heterocycles. The van der Waals surface area contributed by atoms with Gasteiger partial charge in [0.25, 0.3) is 0 Å². The fourth-order valence-electron chi connectivity index (χ4n) is 1.86. The van der Waals surface area contributed by atoms with E-state index in [0.717, 1.165) is 5.56 Å². The average molecular weight is 308 g/mol. The second-order valence-electron chi connectivity index (χ2n) is 4.69. The fraction of sp³-hybridized carbons (Fsp3) is 0.143. The van der Waals surface area contributed by atoms with Crippen molar-refractivity contribution in [3.63, 3.8) is 0 Å². The molecule has 5 N–H and O–H groups in total. The normalized spacial score (nSPS) is 11.3. The molecular weight excluding hydrogens is 292 g/mol. The maximum absolute atomic E-state index is 11.3. The predicted octanol–water partition coefficient (Wildman–Crippen LogP) is 1.67. The van der Waals surface area contributed by atoms with E-state index < -0.39 is 10.0 Å². The van der Waals surface area contributed by atoms with Crippen molar-refractivity contribution in [3.05, 3.63) is 47.5 Å². The van der Waals surface area contributed by atoms with Crippen molar-refractivity contribution < 1.29 is 18.6 Å². The Hall–Kier alpha value is -2.25. The Kier molecular flexibility index (Phi) is 4.06. The largest absolute Gasteiger partial charge is 0.508 e. The van der Waals surface area contributed by atoms with Gasteiger partial charge < -0.3 is 15.5 Å². The number of phenols is 2. The third kappa shape index (κ3) is 3.65. The number of nitrogens with two attached hydrogens (primary N) is 1. The first-order valence-corrected chi connectivity index (χ1v) is 7.70. The molecule has 0 fully saturated rings. The third-order valence-corrected chi connectivity index (χ3v) is 3.99. The summed E-state index contributed by atoms with van der Waals surface area (Å²) in [5, 5.41) is 27.1. The Labute approximate surface area is 122 Å². The summed E-state index contributed by atoms with van der Waals surface area (Å²) in [5.74, 6) is -0.0635. The second kappa shape index (κ2) is 5.63. The summed E-state index contributed by atoms with van der Waals surface area (Å²) in [5.41, 5.74) is 2.03. The molecule has 0 aliphatic rings. The lowest BCUT2D eigenvalue weighted by molar-refractivity contribution is 0.446. The topological polar surface area (TPSA) is 113 Å². The van der Waals surface area contributed by atoms with E-state index in [4.69, 9.17) is 5.14 Å². The highest BCUT2D eigenvalue weighted by molar-refractivity contribution is 7.89. The molecule has 0 spiro atoms. The van der Waals surface area contributed by atoms with Gasteiger partial charge in [0.1, 0.15) is 11.5 Å². The molecular formula is C14H16N2O4S. The summed E-state index contributed by atoms with van der Waals surface area (Å²) in [7, 11) is -3.76. The molecule has 6 nitrogen and oxygen atoms in total. The van der Waals surface area contributed by atoms with Crippen molar-refractivity contribution in [2.45, 2.75) is 18.4 Å². The van der Waals surface area contributed by atoms with Gasteiger partial charge >= 0.3 is 0 Å². The molecule has 112 valence electrons. The Morgan fingerprint density at radius 2 is 1.86 bits per heavy atom. The minimum absolute atomic E-state index is 0.0190. The van der Waals surface area contributed by atoms with Crippen LogP contribution in [0.15, 0.2) is 41.3 Å². The lowest BCUT2D eigenvalue weighted by Crippen LogP contribution is -2.13. The number of hydrogen-bond acceptors (Lipinski definition) is 5. The van der Waals surface area contributed by atoms with Crippen LogP contribution in [0.4, 0.5) is 5.69 Å². The zero-order valence-corrected chi connectivity index (χ0v) is 12.2. The maximum Gasteiger partial charge on any atom is 0.238 e. The van der Waals surface area contributed by atoms with E-state index in [0.29, 0.717) is 11.3 Å². The van der Waals surface area contributed by atoms with Gasteiger partial charge in [-0.3, -0.25) is 0 Å². The number of rotatable bonds is 4. The smallest absolute Gasteiger partial charge is 0.238 e. The van der Waals surface area contributed by atoms with Crippen molar-refractivity contribution in [2.24, 2.45) is 5.14 Å². The number of sulfonamides is 1. The number of hydrogen-bond donors (Lipinski definition) is 4. The van der Waals surface area contributed by atoms with E-state index in [1.807, 2.05) is 6.92 Å². The number of nitrogens with one attached hydrogen (secondary N) is 1. The van der Waals surface area contributed by atoms with E-state index in [2.05, 4.69) is 5.32 Å². The molecule has 2 aromatic carbocycles. The first kappa shape index (κ1) is 15.1. The second-order valence-corrected chi connectivity index (χ2v) is 6.25. The maximum atomic E-state index is 11.3. The van der Waals surface area contributed by atoms with Crippen molar-refractivity contribution in [1.82, 2.24) is 0 Å². The van der Waals surface area contributed by atoms with Crippen molar-refractivity contribution >= 4 is 15.7 Å². The van der Waals surface area contributed by atoms with E-state index >= 15 is 0 Å². The van der Waals surface area contributed by atoms with Gasteiger partial charge in [0, 0.05) is 23.9 Å². The van der Waals surface area contributed by atoms with E-state index in [9.17, 15) is 18.6 Å². The molecule has 0 amide bonds. The lowest BCUT2D eigenvalue weighted by atomic mass is 10.1. The molecule has 0 aliphatic heterocycles. The number of primary sulfonamides is 1. The van der Waals surface area contributed by atoms with Gasteiger partial charge in [0.15, 0.2) is 0 Å². The van der Waals surface area contributed by atoms with E-state index in [1.165, 1.54) is 24.3 Å². The molecule has 0 bridgehead atoms. The van der Waals surface area contributed by atoms with Crippen LogP contribution < -0.4 is 10.5 Å². The molecule has 2 rings (SSSR count).